The molecule has 0 aromatic rings. The second kappa shape index (κ2) is 4.97. The van der Waals surface area contributed by atoms with Crippen molar-refractivity contribution in [2.45, 2.75) is 31.3 Å². The van der Waals surface area contributed by atoms with Crippen LogP contribution in [-0.4, -0.2) is 37.2 Å². The molecule has 1 aliphatic rings. The van der Waals surface area contributed by atoms with Gasteiger partial charge in [0.25, 0.3) is 0 Å². The average Bonchev–Trinajstić information content (AvgIpc) is 2.27. The Morgan fingerprint density at radius 1 is 1.38 bits per heavy atom. The van der Waals surface area contributed by atoms with Gasteiger partial charge in [0.05, 0.1) is 5.60 Å². The van der Waals surface area contributed by atoms with Crippen LogP contribution in [0.1, 0.15) is 25.7 Å². The van der Waals surface area contributed by atoms with Gasteiger partial charge in [-0.2, -0.15) is 0 Å². The van der Waals surface area contributed by atoms with Crippen LogP contribution in [0.5, 0.6) is 0 Å². The van der Waals surface area contributed by atoms with E-state index in [0.717, 1.165) is 32.4 Å². The number of ether oxygens (including phenoxy) is 1. The van der Waals surface area contributed by atoms with E-state index < -0.39 is 0 Å². The van der Waals surface area contributed by atoms with Crippen LogP contribution in [0.2, 0.25) is 0 Å². The lowest BCUT2D eigenvalue weighted by Gasteiger charge is -2.28. The van der Waals surface area contributed by atoms with Gasteiger partial charge in [-0.15, -0.1) is 0 Å². The Bertz CT molecular complexity index is 145. The third-order valence-corrected chi connectivity index (χ3v) is 2.67. The second-order valence-electron chi connectivity index (χ2n) is 4.04. The molecular formula is C11H21NO. The van der Waals surface area contributed by atoms with Crippen LogP contribution in [0.15, 0.2) is 0 Å². The fourth-order valence-corrected chi connectivity index (χ4v) is 1.74. The molecule has 0 N–H and O–H groups in total. The van der Waals surface area contributed by atoms with Gasteiger partial charge in [0.1, 0.15) is 0 Å². The van der Waals surface area contributed by atoms with Crippen LogP contribution in [0, 0.1) is 13.8 Å². The molecule has 1 saturated heterocycles. The molecule has 2 nitrogen and oxygen atoms in total. The number of hydrogen-bond acceptors (Lipinski definition) is 2. The van der Waals surface area contributed by atoms with Crippen molar-refractivity contribution in [3.05, 3.63) is 13.8 Å². The molecule has 76 valence electrons. The smallest absolute Gasteiger partial charge is 0.0696 e. The summed E-state index contributed by atoms with van der Waals surface area (Å²) in [5.74, 6) is 0. The van der Waals surface area contributed by atoms with E-state index >= 15 is 0 Å². The van der Waals surface area contributed by atoms with Gasteiger partial charge in [0.15, 0.2) is 0 Å². The third kappa shape index (κ3) is 3.65. The lowest BCUT2D eigenvalue weighted by molar-refractivity contribution is -0.0183. The number of likely N-dealkylation sites (tertiary alicyclic amines) is 1. The monoisotopic (exact) mass is 183 g/mol. The maximum atomic E-state index is 5.75. The Morgan fingerprint density at radius 3 is 2.85 bits per heavy atom. The lowest BCUT2D eigenvalue weighted by Crippen LogP contribution is -2.31. The van der Waals surface area contributed by atoms with Gasteiger partial charge in [0, 0.05) is 13.2 Å². The summed E-state index contributed by atoms with van der Waals surface area (Å²) in [4.78, 5) is 2.35. The molecule has 0 bridgehead atoms. The van der Waals surface area contributed by atoms with E-state index in [1.165, 1.54) is 13.0 Å². The van der Waals surface area contributed by atoms with Gasteiger partial charge in [-0.3, -0.25) is 0 Å². The highest BCUT2D eigenvalue weighted by molar-refractivity contribution is 4.87. The Hall–Kier alpha value is -0.0800. The SMILES string of the molecule is [CH2]CCOC1([CH2])CCCN(C)CC1. The zero-order valence-electron chi connectivity index (χ0n) is 8.72. The largest absolute Gasteiger partial charge is 0.375 e. The van der Waals surface area contributed by atoms with Gasteiger partial charge in [0.2, 0.25) is 0 Å². The first-order valence-corrected chi connectivity index (χ1v) is 5.13. The fourth-order valence-electron chi connectivity index (χ4n) is 1.74. The summed E-state index contributed by atoms with van der Waals surface area (Å²) in [5, 5.41) is 0. The minimum atomic E-state index is -0.136. The Morgan fingerprint density at radius 2 is 2.15 bits per heavy atom. The van der Waals surface area contributed by atoms with Crippen LogP contribution in [0.3, 0.4) is 0 Å². The van der Waals surface area contributed by atoms with Gasteiger partial charge >= 0.3 is 0 Å². The summed E-state index contributed by atoms with van der Waals surface area (Å²) in [6.07, 6.45) is 4.16. The molecule has 1 atom stereocenters. The van der Waals surface area contributed by atoms with Crippen LogP contribution in [-0.2, 0) is 4.74 Å². The molecule has 1 aliphatic heterocycles. The summed E-state index contributed by atoms with van der Waals surface area (Å²) in [6.45, 7) is 11.0. The van der Waals surface area contributed by atoms with Crippen molar-refractivity contribution < 1.29 is 4.74 Å². The predicted octanol–water partition coefficient (Wildman–Crippen LogP) is 1.92. The quantitative estimate of drug-likeness (QED) is 0.663. The van der Waals surface area contributed by atoms with Crippen LogP contribution in [0.25, 0.3) is 0 Å². The molecule has 0 aliphatic carbocycles. The summed E-state index contributed by atoms with van der Waals surface area (Å²) in [7, 11) is 2.16. The molecule has 0 amide bonds. The maximum Gasteiger partial charge on any atom is 0.0696 e. The summed E-state index contributed by atoms with van der Waals surface area (Å²) in [6, 6.07) is 0. The van der Waals surface area contributed by atoms with E-state index in [1.807, 2.05) is 0 Å². The minimum absolute atomic E-state index is 0.136. The number of hydrogen-bond donors (Lipinski definition) is 0. The van der Waals surface area contributed by atoms with Crippen molar-refractivity contribution in [3.63, 3.8) is 0 Å². The Balaban J connectivity index is 2.37. The van der Waals surface area contributed by atoms with Gasteiger partial charge in [-0.05, 0) is 46.2 Å². The van der Waals surface area contributed by atoms with E-state index in [-0.39, 0.29) is 5.60 Å². The van der Waals surface area contributed by atoms with Crippen molar-refractivity contribution in [3.8, 4) is 0 Å². The molecule has 2 radical (unpaired) electrons. The normalized spacial score (nSPS) is 31.6. The maximum absolute atomic E-state index is 5.75. The molecule has 1 fully saturated rings. The van der Waals surface area contributed by atoms with Gasteiger partial charge in [-0.25, -0.2) is 0 Å². The Kier molecular flexibility index (Phi) is 4.20. The first-order chi connectivity index (χ1) is 6.16. The van der Waals surface area contributed by atoms with Crippen LogP contribution in [0.4, 0.5) is 0 Å². The molecule has 1 rings (SSSR count). The minimum Gasteiger partial charge on any atom is -0.375 e. The van der Waals surface area contributed by atoms with E-state index in [4.69, 9.17) is 4.74 Å². The molecule has 0 spiro atoms. The highest BCUT2D eigenvalue weighted by atomic mass is 16.5. The second-order valence-corrected chi connectivity index (χ2v) is 4.04. The van der Waals surface area contributed by atoms with Crippen LogP contribution < -0.4 is 0 Å². The zero-order valence-corrected chi connectivity index (χ0v) is 8.72. The van der Waals surface area contributed by atoms with Crippen molar-refractivity contribution in [2.24, 2.45) is 0 Å². The summed E-state index contributed by atoms with van der Waals surface area (Å²) >= 11 is 0. The Labute approximate surface area is 82.3 Å². The van der Waals surface area contributed by atoms with E-state index in [2.05, 4.69) is 25.8 Å². The van der Waals surface area contributed by atoms with Crippen LogP contribution >= 0.6 is 0 Å². The first-order valence-electron chi connectivity index (χ1n) is 5.13. The van der Waals surface area contributed by atoms with Crippen molar-refractivity contribution in [1.82, 2.24) is 4.90 Å². The topological polar surface area (TPSA) is 12.5 Å². The molecule has 13 heavy (non-hydrogen) atoms. The predicted molar refractivity (Wildman–Crippen MR) is 55.4 cm³/mol. The van der Waals surface area contributed by atoms with Crippen molar-refractivity contribution in [1.29, 1.82) is 0 Å². The molecule has 0 aromatic heterocycles. The fraction of sp³-hybridized carbons (Fsp3) is 0.818. The first kappa shape index (κ1) is 11.0. The highest BCUT2D eigenvalue weighted by Gasteiger charge is 2.27. The van der Waals surface area contributed by atoms with Crippen molar-refractivity contribution in [2.75, 3.05) is 26.7 Å². The molecule has 0 saturated carbocycles. The number of rotatable bonds is 3. The molecule has 1 heterocycles. The standard InChI is InChI=1S/C11H21NO/c1-4-10-13-11(2)6-5-8-12(3)9-7-11/h1-2,4-10H2,3H3. The average molecular weight is 183 g/mol. The molecular weight excluding hydrogens is 162 g/mol. The van der Waals surface area contributed by atoms with E-state index in [9.17, 15) is 0 Å². The molecule has 1 unspecified atom stereocenters. The lowest BCUT2D eigenvalue weighted by atomic mass is 9.97. The summed E-state index contributed by atoms with van der Waals surface area (Å²) in [5.41, 5.74) is -0.136. The third-order valence-electron chi connectivity index (χ3n) is 2.67. The van der Waals surface area contributed by atoms with E-state index in [0.29, 0.717) is 0 Å². The zero-order chi connectivity index (χ0) is 9.73. The van der Waals surface area contributed by atoms with Gasteiger partial charge in [-0.1, -0.05) is 6.92 Å². The van der Waals surface area contributed by atoms with Gasteiger partial charge < -0.3 is 9.64 Å². The highest BCUT2D eigenvalue weighted by Crippen LogP contribution is 2.24. The van der Waals surface area contributed by atoms with Crippen molar-refractivity contribution >= 4 is 0 Å². The molecule has 0 aromatic carbocycles. The number of nitrogens with zero attached hydrogens (tertiary/aromatic N) is 1. The molecule has 2 heteroatoms. The summed E-state index contributed by atoms with van der Waals surface area (Å²) < 4.78 is 5.75. The van der Waals surface area contributed by atoms with E-state index in [1.54, 1.807) is 0 Å².